The average Bonchev–Trinajstić information content (AvgIpc) is 3.18. The largest absolute Gasteiger partial charge is 0.365 e. The smallest absolute Gasteiger partial charge is 0.287 e. The van der Waals surface area contributed by atoms with Crippen LogP contribution in [-0.4, -0.2) is 16.7 Å². The van der Waals surface area contributed by atoms with Crippen LogP contribution in [0.4, 0.5) is 10.7 Å². The fraction of sp³-hybridized carbons (Fsp3) is 0.263. The van der Waals surface area contributed by atoms with Crippen molar-refractivity contribution in [1.82, 2.24) is 0 Å². The minimum atomic E-state index is -0.578. The molecule has 0 bridgehead atoms. The van der Waals surface area contributed by atoms with Gasteiger partial charge in [-0.3, -0.25) is 19.7 Å². The monoisotopic (exact) mass is 449 g/mol. The number of nitrogens with zero attached hydrogens (tertiary/aromatic N) is 1. The van der Waals surface area contributed by atoms with Crippen molar-refractivity contribution >= 4 is 66.9 Å². The van der Waals surface area contributed by atoms with Crippen LogP contribution in [0.15, 0.2) is 18.2 Å². The number of anilines is 1. The first-order valence-electron chi connectivity index (χ1n) is 8.89. The highest BCUT2D eigenvalue weighted by molar-refractivity contribution is 7.22. The van der Waals surface area contributed by atoms with E-state index in [4.69, 9.17) is 17.3 Å². The minimum Gasteiger partial charge on any atom is -0.365 e. The van der Waals surface area contributed by atoms with Crippen molar-refractivity contribution < 1.29 is 14.5 Å². The zero-order chi connectivity index (χ0) is 20.9. The Kier molecular flexibility index (Phi) is 5.05. The van der Waals surface area contributed by atoms with Gasteiger partial charge in [-0.15, -0.1) is 22.7 Å². The van der Waals surface area contributed by atoms with Gasteiger partial charge < -0.3 is 11.1 Å². The Hall–Kier alpha value is -2.49. The number of hydrogen-bond acceptors (Lipinski definition) is 6. The van der Waals surface area contributed by atoms with E-state index in [1.807, 2.05) is 0 Å². The molecule has 1 aromatic carbocycles. The van der Waals surface area contributed by atoms with Crippen LogP contribution in [0, 0.1) is 16.0 Å². The number of nitrogens with two attached hydrogens (primary N) is 1. The van der Waals surface area contributed by atoms with Gasteiger partial charge in [0.15, 0.2) is 0 Å². The quantitative estimate of drug-likeness (QED) is 0.430. The van der Waals surface area contributed by atoms with Crippen molar-refractivity contribution in [3.8, 4) is 0 Å². The molecule has 2 aromatic heterocycles. The fourth-order valence-corrected chi connectivity index (χ4v) is 6.52. The number of fused-ring (bicyclic) bond motifs is 2. The Morgan fingerprint density at radius 2 is 2.10 bits per heavy atom. The molecule has 2 heterocycles. The lowest BCUT2D eigenvalue weighted by Gasteiger charge is -2.18. The van der Waals surface area contributed by atoms with Crippen molar-refractivity contribution in [3.63, 3.8) is 0 Å². The number of primary amides is 1. The second-order valence-electron chi connectivity index (χ2n) is 7.03. The molecule has 3 N–H and O–H groups in total. The lowest BCUT2D eigenvalue weighted by Crippen LogP contribution is -2.19. The summed E-state index contributed by atoms with van der Waals surface area (Å²) in [5.41, 5.74) is 6.76. The van der Waals surface area contributed by atoms with E-state index in [1.54, 1.807) is 6.07 Å². The predicted molar refractivity (Wildman–Crippen MR) is 115 cm³/mol. The van der Waals surface area contributed by atoms with Crippen molar-refractivity contribution in [3.05, 3.63) is 54.2 Å². The molecule has 1 aliphatic carbocycles. The number of halogens is 1. The number of nitro benzene ring substituents is 1. The SMILES string of the molecule is C[C@@H]1CCc2c(sc(NC(=O)c3sc4c([N+](=O)[O-])cccc4c3Cl)c2C(N)=O)C1. The summed E-state index contributed by atoms with van der Waals surface area (Å²) in [6, 6.07) is 4.54. The number of nitrogens with one attached hydrogen (secondary N) is 1. The Bertz CT molecular complexity index is 1180. The highest BCUT2D eigenvalue weighted by atomic mass is 35.5. The van der Waals surface area contributed by atoms with Gasteiger partial charge in [0.05, 0.1) is 15.5 Å². The first kappa shape index (κ1) is 19.8. The third-order valence-electron chi connectivity index (χ3n) is 5.02. The third-order valence-corrected chi connectivity index (χ3v) is 7.92. The molecule has 3 aromatic rings. The topological polar surface area (TPSA) is 115 Å². The van der Waals surface area contributed by atoms with Gasteiger partial charge in [0, 0.05) is 16.3 Å². The predicted octanol–water partition coefficient (Wildman–Crippen LogP) is 5.00. The summed E-state index contributed by atoms with van der Waals surface area (Å²) in [6.45, 7) is 2.15. The molecule has 0 radical (unpaired) electrons. The minimum absolute atomic E-state index is 0.105. The van der Waals surface area contributed by atoms with Crippen molar-refractivity contribution in [2.75, 3.05) is 5.32 Å². The highest BCUT2D eigenvalue weighted by Crippen LogP contribution is 2.42. The number of hydrogen-bond donors (Lipinski definition) is 2. The van der Waals surface area contributed by atoms with E-state index in [0.717, 1.165) is 41.0 Å². The molecule has 150 valence electrons. The molecule has 2 amide bonds. The number of carbonyl (C=O) groups excluding carboxylic acids is 2. The lowest BCUT2D eigenvalue weighted by molar-refractivity contribution is -0.382. The van der Waals surface area contributed by atoms with Crippen molar-refractivity contribution in [1.29, 1.82) is 0 Å². The van der Waals surface area contributed by atoms with Crippen LogP contribution < -0.4 is 11.1 Å². The number of thiophene rings is 2. The van der Waals surface area contributed by atoms with E-state index in [2.05, 4.69) is 12.2 Å². The van der Waals surface area contributed by atoms with Gasteiger partial charge in [0.25, 0.3) is 17.5 Å². The number of non-ortho nitro benzene ring substituents is 1. The molecule has 29 heavy (non-hydrogen) atoms. The first-order chi connectivity index (χ1) is 13.8. The Balaban J connectivity index is 1.74. The zero-order valence-corrected chi connectivity index (χ0v) is 17.7. The second-order valence-corrected chi connectivity index (χ2v) is 9.53. The summed E-state index contributed by atoms with van der Waals surface area (Å²) >= 11 is 8.67. The summed E-state index contributed by atoms with van der Waals surface area (Å²) in [6.07, 6.45) is 2.55. The number of amides is 2. The number of nitro groups is 1. The zero-order valence-electron chi connectivity index (χ0n) is 15.3. The number of rotatable bonds is 4. The van der Waals surface area contributed by atoms with Gasteiger partial charge in [0.1, 0.15) is 14.6 Å². The van der Waals surface area contributed by atoms with Gasteiger partial charge in [-0.1, -0.05) is 30.7 Å². The molecular weight excluding hydrogens is 434 g/mol. The second kappa shape index (κ2) is 7.40. The molecule has 0 spiro atoms. The van der Waals surface area contributed by atoms with Crippen LogP contribution in [0.25, 0.3) is 10.1 Å². The molecule has 0 saturated carbocycles. The summed E-state index contributed by atoms with van der Waals surface area (Å²) in [4.78, 5) is 37.0. The standard InChI is InChI=1S/C19H16ClN3O4S2/c1-8-5-6-9-12(7-8)28-19(13(9)17(21)24)22-18(25)16-14(20)10-3-2-4-11(23(26)27)15(10)29-16/h2-4,8H,5-7H2,1H3,(H2,21,24)(H,22,25)/t8-/m1/s1. The molecule has 1 atom stereocenters. The van der Waals surface area contributed by atoms with E-state index >= 15 is 0 Å². The van der Waals surface area contributed by atoms with Gasteiger partial charge >= 0.3 is 0 Å². The van der Waals surface area contributed by atoms with Gasteiger partial charge in [-0.05, 0) is 30.7 Å². The summed E-state index contributed by atoms with van der Waals surface area (Å²) in [5, 5.41) is 15.1. The third kappa shape index (κ3) is 3.39. The fourth-order valence-electron chi connectivity index (χ4n) is 3.62. The molecule has 0 saturated heterocycles. The Morgan fingerprint density at radius 1 is 1.34 bits per heavy atom. The summed E-state index contributed by atoms with van der Waals surface area (Å²) in [5.74, 6) is -0.590. The lowest BCUT2D eigenvalue weighted by atomic mass is 9.88. The van der Waals surface area contributed by atoms with Gasteiger partial charge in [0.2, 0.25) is 0 Å². The molecule has 0 unspecified atom stereocenters. The summed E-state index contributed by atoms with van der Waals surface area (Å²) in [7, 11) is 0. The highest BCUT2D eigenvalue weighted by Gasteiger charge is 2.29. The van der Waals surface area contributed by atoms with Gasteiger partial charge in [-0.2, -0.15) is 0 Å². The Labute approximate surface area is 178 Å². The van der Waals surface area contributed by atoms with Crippen LogP contribution in [0.1, 0.15) is 43.8 Å². The maximum atomic E-state index is 12.9. The molecular formula is C19H16ClN3O4S2. The van der Waals surface area contributed by atoms with Crippen LogP contribution >= 0.6 is 34.3 Å². The number of benzene rings is 1. The Morgan fingerprint density at radius 3 is 2.79 bits per heavy atom. The van der Waals surface area contributed by atoms with Crippen LogP contribution in [0.3, 0.4) is 0 Å². The molecule has 1 aliphatic rings. The molecule has 0 aliphatic heterocycles. The average molecular weight is 450 g/mol. The van der Waals surface area contributed by atoms with E-state index in [1.165, 1.54) is 23.5 Å². The van der Waals surface area contributed by atoms with E-state index in [0.29, 0.717) is 26.6 Å². The summed E-state index contributed by atoms with van der Waals surface area (Å²) < 4.78 is 0.335. The van der Waals surface area contributed by atoms with Crippen LogP contribution in [-0.2, 0) is 12.8 Å². The normalized spacial score (nSPS) is 15.9. The van der Waals surface area contributed by atoms with Crippen LogP contribution in [0.2, 0.25) is 5.02 Å². The number of carbonyl (C=O) groups is 2. The molecule has 10 heteroatoms. The maximum absolute atomic E-state index is 12.9. The first-order valence-corrected chi connectivity index (χ1v) is 10.9. The maximum Gasteiger partial charge on any atom is 0.287 e. The molecule has 0 fully saturated rings. The van der Waals surface area contributed by atoms with Crippen molar-refractivity contribution in [2.24, 2.45) is 11.7 Å². The van der Waals surface area contributed by atoms with Gasteiger partial charge in [-0.25, -0.2) is 0 Å². The van der Waals surface area contributed by atoms with E-state index < -0.39 is 16.7 Å². The van der Waals surface area contributed by atoms with Crippen molar-refractivity contribution in [2.45, 2.75) is 26.2 Å². The van der Waals surface area contributed by atoms with E-state index in [9.17, 15) is 19.7 Å². The molecule has 4 rings (SSSR count). The van der Waals surface area contributed by atoms with E-state index in [-0.39, 0.29) is 15.6 Å². The van der Waals surface area contributed by atoms with Crippen LogP contribution in [0.5, 0.6) is 0 Å². The molecule has 7 nitrogen and oxygen atoms in total.